The van der Waals surface area contributed by atoms with Crippen molar-refractivity contribution >= 4 is 13.7 Å². The first-order valence-corrected chi connectivity index (χ1v) is 39.4. The molecule has 0 aromatic carbocycles. The lowest BCUT2D eigenvalue weighted by atomic mass is 10.0. The van der Waals surface area contributed by atoms with Gasteiger partial charge in [-0.25, -0.2) is 4.57 Å². The molecule has 0 aliphatic carbocycles. The molecule has 3 N–H and O–H groups in total. The third-order valence-electron chi connectivity index (χ3n) is 17.6. The van der Waals surface area contributed by atoms with Crippen LogP contribution in [0.15, 0.2) is 36.5 Å². The highest BCUT2D eigenvalue weighted by molar-refractivity contribution is 7.47. The fraction of sp³-hybridized carbons (Fsp3) is 0.908. The predicted octanol–water partition coefficient (Wildman–Crippen LogP) is 24.4. The number of aliphatic hydroxyl groups is 1. The van der Waals surface area contributed by atoms with Crippen LogP contribution in [0.25, 0.3) is 0 Å². The van der Waals surface area contributed by atoms with Gasteiger partial charge in [0.05, 0.1) is 39.9 Å². The van der Waals surface area contributed by atoms with Crippen LogP contribution in [-0.2, 0) is 18.4 Å². The lowest BCUT2D eigenvalue weighted by Gasteiger charge is -2.25. The number of carbonyl (C=O) groups is 1. The Bertz CT molecular complexity index is 1480. The van der Waals surface area contributed by atoms with Gasteiger partial charge in [0.1, 0.15) is 13.2 Å². The summed E-state index contributed by atoms with van der Waals surface area (Å²) < 4.78 is 23.9. The van der Waals surface area contributed by atoms with Gasteiger partial charge in [0.25, 0.3) is 0 Å². The summed E-state index contributed by atoms with van der Waals surface area (Å²) in [5.41, 5.74) is 0. The standard InChI is InChI=1S/C76H149N2O6P/c1-6-8-10-12-14-16-18-20-22-24-26-28-30-32-34-35-36-37-38-39-40-41-42-43-44-46-48-50-52-54-56-58-60-62-64-66-68-70-76(80)77-74(73-84-85(81,82)83-72-71-78(3,4)5)75(79)69-67-65-63-61-59-57-55-53-51-49-47-45-33-31-29-27-25-23-21-19-17-15-13-11-9-7-2/h18,20,24,26,67,69,74-75,79H,6-17,19,21-23,25,27-66,68,70-73H2,1-5H3,(H-,77,80,81,82)/p+1/b20-18-,26-24-,69-67+. The number of allylic oxidation sites excluding steroid dienone is 5. The lowest BCUT2D eigenvalue weighted by molar-refractivity contribution is -0.870. The Labute approximate surface area is 531 Å². The van der Waals surface area contributed by atoms with Crippen molar-refractivity contribution in [2.45, 2.75) is 405 Å². The van der Waals surface area contributed by atoms with E-state index in [1.54, 1.807) is 6.08 Å². The lowest BCUT2D eigenvalue weighted by Crippen LogP contribution is -2.45. The topological polar surface area (TPSA) is 105 Å². The summed E-state index contributed by atoms with van der Waals surface area (Å²) in [4.78, 5) is 23.5. The summed E-state index contributed by atoms with van der Waals surface area (Å²) >= 11 is 0. The molecule has 0 saturated carbocycles. The van der Waals surface area contributed by atoms with Crippen molar-refractivity contribution in [3.8, 4) is 0 Å². The van der Waals surface area contributed by atoms with E-state index in [1.165, 1.54) is 334 Å². The monoisotopic (exact) mass is 1220 g/mol. The molecule has 0 saturated heterocycles. The summed E-state index contributed by atoms with van der Waals surface area (Å²) in [7, 11) is 1.59. The van der Waals surface area contributed by atoms with E-state index in [4.69, 9.17) is 9.05 Å². The van der Waals surface area contributed by atoms with Gasteiger partial charge in [-0.15, -0.1) is 0 Å². The third-order valence-corrected chi connectivity index (χ3v) is 18.6. The molecular weight excluding hydrogens is 1070 g/mol. The number of likely N-dealkylation sites (N-methyl/N-ethyl adjacent to an activating group) is 1. The molecule has 3 unspecified atom stereocenters. The Balaban J connectivity index is 3.95. The molecule has 0 rings (SSSR count). The second-order valence-electron chi connectivity index (χ2n) is 27.4. The average Bonchev–Trinajstić information content (AvgIpc) is 3.49. The molecule has 3 atom stereocenters. The fourth-order valence-corrected chi connectivity index (χ4v) is 12.5. The van der Waals surface area contributed by atoms with E-state index >= 15 is 0 Å². The normalized spacial score (nSPS) is 13.7. The van der Waals surface area contributed by atoms with Crippen molar-refractivity contribution in [2.75, 3.05) is 40.9 Å². The zero-order chi connectivity index (χ0) is 61.9. The van der Waals surface area contributed by atoms with Crippen molar-refractivity contribution < 1.29 is 32.9 Å². The van der Waals surface area contributed by atoms with Gasteiger partial charge in [-0.1, -0.05) is 371 Å². The Morgan fingerprint density at radius 3 is 0.965 bits per heavy atom. The van der Waals surface area contributed by atoms with E-state index in [0.29, 0.717) is 17.4 Å². The highest BCUT2D eigenvalue weighted by atomic mass is 31.2. The van der Waals surface area contributed by atoms with Crippen LogP contribution < -0.4 is 5.32 Å². The number of nitrogens with one attached hydrogen (secondary N) is 1. The molecule has 0 heterocycles. The SMILES string of the molecule is CCCCCCC/C=C\C/C=C\CCCCCCCCCCCCCCCCCCCCCCCCCCCC(=O)NC(COP(=O)(O)OCC[N+](C)(C)C)C(O)/C=C/CCCCCCCCCCCCCCCCCCCCCCCCCC. The van der Waals surface area contributed by atoms with Gasteiger partial charge in [0.15, 0.2) is 0 Å². The summed E-state index contributed by atoms with van der Waals surface area (Å²) in [5.74, 6) is -0.168. The van der Waals surface area contributed by atoms with Crippen LogP contribution in [0.1, 0.15) is 393 Å². The second-order valence-corrected chi connectivity index (χ2v) is 28.8. The largest absolute Gasteiger partial charge is 0.472 e. The average molecular weight is 1220 g/mol. The first-order chi connectivity index (χ1) is 41.5. The van der Waals surface area contributed by atoms with Gasteiger partial charge in [0, 0.05) is 6.42 Å². The molecule has 0 spiro atoms. The van der Waals surface area contributed by atoms with Crippen molar-refractivity contribution in [1.29, 1.82) is 0 Å². The fourth-order valence-electron chi connectivity index (χ4n) is 11.7. The number of carbonyl (C=O) groups excluding carboxylic acids is 1. The zero-order valence-electron chi connectivity index (χ0n) is 57.9. The van der Waals surface area contributed by atoms with Crippen LogP contribution in [0, 0.1) is 0 Å². The zero-order valence-corrected chi connectivity index (χ0v) is 58.8. The predicted molar refractivity (Wildman–Crippen MR) is 374 cm³/mol. The molecule has 8 nitrogen and oxygen atoms in total. The Morgan fingerprint density at radius 1 is 0.400 bits per heavy atom. The maximum atomic E-state index is 13.1. The smallest absolute Gasteiger partial charge is 0.387 e. The van der Waals surface area contributed by atoms with Gasteiger partial charge in [0.2, 0.25) is 5.91 Å². The minimum atomic E-state index is -4.35. The highest BCUT2D eigenvalue weighted by Crippen LogP contribution is 2.43. The van der Waals surface area contributed by atoms with E-state index in [0.717, 1.165) is 38.5 Å². The minimum absolute atomic E-state index is 0.0642. The van der Waals surface area contributed by atoms with Gasteiger partial charge in [-0.3, -0.25) is 13.8 Å². The van der Waals surface area contributed by atoms with E-state index in [9.17, 15) is 19.4 Å². The molecular formula is C76H150N2O6P+. The van der Waals surface area contributed by atoms with E-state index in [1.807, 2.05) is 27.2 Å². The third kappa shape index (κ3) is 70.0. The van der Waals surface area contributed by atoms with Crippen LogP contribution >= 0.6 is 7.82 Å². The highest BCUT2D eigenvalue weighted by Gasteiger charge is 2.28. The number of aliphatic hydroxyl groups excluding tert-OH is 1. The van der Waals surface area contributed by atoms with Crippen LogP contribution in [0.2, 0.25) is 0 Å². The quantitative estimate of drug-likeness (QED) is 0.0243. The Kier molecular flexibility index (Phi) is 66.1. The number of rotatable bonds is 71. The number of unbranched alkanes of at least 4 members (excludes halogenated alkanes) is 54. The Morgan fingerprint density at radius 2 is 0.671 bits per heavy atom. The molecule has 504 valence electrons. The molecule has 0 fully saturated rings. The summed E-state index contributed by atoms with van der Waals surface area (Å²) in [6.07, 6.45) is 90.3. The van der Waals surface area contributed by atoms with Crippen LogP contribution in [0.5, 0.6) is 0 Å². The van der Waals surface area contributed by atoms with Crippen molar-refractivity contribution in [2.24, 2.45) is 0 Å². The van der Waals surface area contributed by atoms with Gasteiger partial charge < -0.3 is 19.8 Å². The van der Waals surface area contributed by atoms with Crippen molar-refractivity contribution in [3.05, 3.63) is 36.5 Å². The molecule has 0 bridgehead atoms. The van der Waals surface area contributed by atoms with E-state index in [-0.39, 0.29) is 19.1 Å². The second kappa shape index (κ2) is 67.1. The molecule has 85 heavy (non-hydrogen) atoms. The summed E-state index contributed by atoms with van der Waals surface area (Å²) in [6.45, 7) is 4.87. The molecule has 0 radical (unpaired) electrons. The Hall–Kier alpha value is -1.28. The van der Waals surface area contributed by atoms with E-state index in [2.05, 4.69) is 43.5 Å². The number of amides is 1. The van der Waals surface area contributed by atoms with Crippen LogP contribution in [0.3, 0.4) is 0 Å². The number of phosphoric acid groups is 1. The number of hydrogen-bond donors (Lipinski definition) is 3. The van der Waals surface area contributed by atoms with Gasteiger partial charge >= 0.3 is 7.82 Å². The maximum Gasteiger partial charge on any atom is 0.472 e. The van der Waals surface area contributed by atoms with Gasteiger partial charge in [-0.2, -0.15) is 0 Å². The van der Waals surface area contributed by atoms with Gasteiger partial charge in [-0.05, 0) is 51.4 Å². The molecule has 0 aromatic heterocycles. The molecule has 0 aliphatic heterocycles. The first kappa shape index (κ1) is 83.7. The number of phosphoric ester groups is 1. The number of quaternary nitrogens is 1. The molecule has 0 aromatic rings. The minimum Gasteiger partial charge on any atom is -0.387 e. The number of hydrogen-bond acceptors (Lipinski definition) is 5. The first-order valence-electron chi connectivity index (χ1n) is 37.9. The van der Waals surface area contributed by atoms with Crippen molar-refractivity contribution in [3.63, 3.8) is 0 Å². The summed E-state index contributed by atoms with van der Waals surface area (Å²) in [5, 5.41) is 14.0. The van der Waals surface area contributed by atoms with Crippen molar-refractivity contribution in [1.82, 2.24) is 5.32 Å². The molecule has 9 heteroatoms. The summed E-state index contributed by atoms with van der Waals surface area (Å²) in [6, 6.07) is -0.846. The van der Waals surface area contributed by atoms with E-state index < -0.39 is 20.0 Å². The van der Waals surface area contributed by atoms with Crippen LogP contribution in [-0.4, -0.2) is 73.4 Å². The molecule has 1 amide bonds. The van der Waals surface area contributed by atoms with Crippen LogP contribution in [0.4, 0.5) is 0 Å². The number of nitrogens with zero attached hydrogens (tertiary/aromatic N) is 1. The maximum absolute atomic E-state index is 13.1. The molecule has 0 aliphatic rings.